The second-order valence-corrected chi connectivity index (χ2v) is 7.83. The predicted octanol–water partition coefficient (Wildman–Crippen LogP) is 2.39. The van der Waals surface area contributed by atoms with E-state index in [0.29, 0.717) is 24.5 Å². The fourth-order valence-corrected chi connectivity index (χ4v) is 3.29. The smallest absolute Gasteiger partial charge is 0.339 e. The Morgan fingerprint density at radius 1 is 1.27 bits per heavy atom. The molecular weight excluding hydrogens is 334 g/mol. The van der Waals surface area contributed by atoms with Crippen LogP contribution in [-0.4, -0.2) is 55.0 Å². The number of aromatic amines is 1. The molecule has 0 atom stereocenters. The van der Waals surface area contributed by atoms with E-state index in [2.05, 4.69) is 36.1 Å². The van der Waals surface area contributed by atoms with E-state index in [0.717, 1.165) is 18.5 Å². The van der Waals surface area contributed by atoms with E-state index >= 15 is 0 Å². The van der Waals surface area contributed by atoms with Gasteiger partial charge < -0.3 is 10.0 Å². The fourth-order valence-electron chi connectivity index (χ4n) is 3.29. The Balaban J connectivity index is 1.66. The van der Waals surface area contributed by atoms with Crippen molar-refractivity contribution >= 4 is 11.9 Å². The number of H-pyrrole nitrogens is 1. The molecule has 0 saturated carbocycles. The molecule has 2 aromatic heterocycles. The molecule has 1 aliphatic rings. The third-order valence-corrected chi connectivity index (χ3v) is 4.98. The van der Waals surface area contributed by atoms with Gasteiger partial charge in [-0.3, -0.25) is 14.6 Å². The summed E-state index contributed by atoms with van der Waals surface area (Å²) in [6, 6.07) is 1.93. The van der Waals surface area contributed by atoms with E-state index in [1.807, 2.05) is 6.07 Å². The maximum absolute atomic E-state index is 12.7. The second kappa shape index (κ2) is 6.59. The summed E-state index contributed by atoms with van der Waals surface area (Å²) in [6.07, 6.45) is 2.88. The summed E-state index contributed by atoms with van der Waals surface area (Å²) in [7, 11) is 0. The second-order valence-electron chi connectivity index (χ2n) is 7.83. The lowest BCUT2D eigenvalue weighted by Crippen LogP contribution is -2.39. The Morgan fingerprint density at radius 2 is 1.92 bits per heavy atom. The zero-order chi connectivity index (χ0) is 19.1. The average Bonchev–Trinajstić information content (AvgIpc) is 3.21. The summed E-state index contributed by atoms with van der Waals surface area (Å²) < 4.78 is 1.78. The Bertz CT molecular complexity index is 822. The number of likely N-dealkylation sites (tertiary alicyclic amines) is 1. The lowest BCUT2D eigenvalue weighted by molar-refractivity contribution is 0.0682. The molecule has 3 heterocycles. The van der Waals surface area contributed by atoms with Gasteiger partial charge in [0.1, 0.15) is 11.3 Å². The zero-order valence-electron chi connectivity index (χ0n) is 15.6. The van der Waals surface area contributed by atoms with Gasteiger partial charge in [0.15, 0.2) is 0 Å². The molecule has 0 aromatic carbocycles. The van der Waals surface area contributed by atoms with Crippen molar-refractivity contribution in [3.8, 4) is 0 Å². The molecule has 0 radical (unpaired) electrons. The van der Waals surface area contributed by atoms with Crippen LogP contribution in [0.2, 0.25) is 0 Å². The van der Waals surface area contributed by atoms with Gasteiger partial charge in [-0.15, -0.1) is 0 Å². The molecule has 0 spiro atoms. The van der Waals surface area contributed by atoms with E-state index in [9.17, 15) is 9.59 Å². The van der Waals surface area contributed by atoms with Crippen LogP contribution in [0.15, 0.2) is 12.3 Å². The monoisotopic (exact) mass is 359 g/mol. The van der Waals surface area contributed by atoms with E-state index in [4.69, 9.17) is 5.11 Å². The first-order chi connectivity index (χ1) is 12.2. The maximum Gasteiger partial charge on any atom is 0.339 e. The molecular formula is C18H25N5O3. The highest BCUT2D eigenvalue weighted by Gasteiger charge is 2.28. The van der Waals surface area contributed by atoms with Crippen LogP contribution in [-0.2, 0) is 5.41 Å². The van der Waals surface area contributed by atoms with Crippen LogP contribution in [0.25, 0.3) is 0 Å². The molecule has 2 N–H and O–H groups in total. The van der Waals surface area contributed by atoms with Crippen molar-refractivity contribution < 1.29 is 14.7 Å². The number of piperidine rings is 1. The number of hydrogen-bond acceptors (Lipinski definition) is 4. The standard InChI is InChI=1S/C18H25N5O3/c1-11-13(17(25)26)10-19-23(11)12-5-7-22(8-6-12)16(24)14-9-15(21-20-14)18(2,3)4/h9-10,12H,5-8H2,1-4H3,(H,20,21)(H,25,26). The quantitative estimate of drug-likeness (QED) is 0.875. The van der Waals surface area contributed by atoms with Gasteiger partial charge in [-0.05, 0) is 25.8 Å². The molecule has 8 nitrogen and oxygen atoms in total. The van der Waals surface area contributed by atoms with Gasteiger partial charge in [0, 0.05) is 24.2 Å². The van der Waals surface area contributed by atoms with E-state index < -0.39 is 5.97 Å². The van der Waals surface area contributed by atoms with Gasteiger partial charge >= 0.3 is 5.97 Å². The molecule has 1 amide bonds. The number of nitrogens with one attached hydrogen (secondary N) is 1. The summed E-state index contributed by atoms with van der Waals surface area (Å²) in [5.74, 6) is -1.03. The Labute approximate surface area is 152 Å². The number of rotatable bonds is 3. The van der Waals surface area contributed by atoms with Gasteiger partial charge in [-0.1, -0.05) is 20.8 Å². The fraction of sp³-hybridized carbons (Fsp3) is 0.556. The van der Waals surface area contributed by atoms with Crippen LogP contribution < -0.4 is 0 Å². The van der Waals surface area contributed by atoms with Crippen LogP contribution in [0, 0.1) is 6.92 Å². The number of carbonyl (C=O) groups excluding carboxylic acids is 1. The third kappa shape index (κ3) is 3.36. The number of nitrogens with zero attached hydrogens (tertiary/aromatic N) is 4. The number of carboxylic acids is 1. The molecule has 8 heteroatoms. The number of aromatic carboxylic acids is 1. The van der Waals surface area contributed by atoms with Crippen molar-refractivity contribution in [1.29, 1.82) is 0 Å². The molecule has 0 aliphatic carbocycles. The van der Waals surface area contributed by atoms with E-state index in [1.54, 1.807) is 16.5 Å². The van der Waals surface area contributed by atoms with Crippen molar-refractivity contribution in [3.05, 3.63) is 34.9 Å². The summed E-state index contributed by atoms with van der Waals surface area (Å²) in [4.78, 5) is 25.7. The van der Waals surface area contributed by atoms with Crippen LogP contribution in [0.4, 0.5) is 0 Å². The predicted molar refractivity (Wildman–Crippen MR) is 95.4 cm³/mol. The highest BCUT2D eigenvalue weighted by Crippen LogP contribution is 2.26. The molecule has 3 rings (SSSR count). The van der Waals surface area contributed by atoms with Crippen LogP contribution in [0.1, 0.15) is 71.9 Å². The molecule has 1 saturated heterocycles. The van der Waals surface area contributed by atoms with Gasteiger partial charge in [0.2, 0.25) is 0 Å². The van der Waals surface area contributed by atoms with Gasteiger partial charge in [0.25, 0.3) is 5.91 Å². The highest BCUT2D eigenvalue weighted by atomic mass is 16.4. The van der Waals surface area contributed by atoms with Crippen molar-refractivity contribution in [3.63, 3.8) is 0 Å². The van der Waals surface area contributed by atoms with E-state index in [-0.39, 0.29) is 22.9 Å². The van der Waals surface area contributed by atoms with Crippen LogP contribution in [0.3, 0.4) is 0 Å². The third-order valence-electron chi connectivity index (χ3n) is 4.98. The number of carboxylic acid groups (broad SMARTS) is 1. The molecule has 0 unspecified atom stereocenters. The average molecular weight is 359 g/mol. The molecule has 26 heavy (non-hydrogen) atoms. The van der Waals surface area contributed by atoms with Crippen molar-refractivity contribution in [2.75, 3.05) is 13.1 Å². The topological polar surface area (TPSA) is 104 Å². The summed E-state index contributed by atoms with van der Waals surface area (Å²) >= 11 is 0. The summed E-state index contributed by atoms with van der Waals surface area (Å²) in [5.41, 5.74) is 2.18. The lowest BCUT2D eigenvalue weighted by atomic mass is 9.92. The van der Waals surface area contributed by atoms with Gasteiger partial charge in [0.05, 0.1) is 17.9 Å². The van der Waals surface area contributed by atoms with Crippen LogP contribution in [0.5, 0.6) is 0 Å². The maximum atomic E-state index is 12.7. The largest absolute Gasteiger partial charge is 0.478 e. The first-order valence-corrected chi connectivity index (χ1v) is 8.81. The number of amides is 1. The van der Waals surface area contributed by atoms with Crippen molar-refractivity contribution in [1.82, 2.24) is 24.9 Å². The van der Waals surface area contributed by atoms with E-state index in [1.165, 1.54) is 6.20 Å². The Morgan fingerprint density at radius 3 is 2.42 bits per heavy atom. The van der Waals surface area contributed by atoms with Crippen molar-refractivity contribution in [2.24, 2.45) is 0 Å². The highest BCUT2D eigenvalue weighted by molar-refractivity contribution is 5.92. The molecule has 140 valence electrons. The lowest BCUT2D eigenvalue weighted by Gasteiger charge is -2.32. The SMILES string of the molecule is Cc1c(C(=O)O)cnn1C1CCN(C(=O)c2cc(C(C)(C)C)[nH]n2)CC1. The number of hydrogen-bond donors (Lipinski definition) is 2. The number of carbonyl (C=O) groups is 2. The van der Waals surface area contributed by atoms with Gasteiger partial charge in [-0.25, -0.2) is 4.79 Å². The van der Waals surface area contributed by atoms with Gasteiger partial charge in [-0.2, -0.15) is 10.2 Å². The first-order valence-electron chi connectivity index (χ1n) is 8.81. The Hall–Kier alpha value is -2.64. The normalized spacial score (nSPS) is 16.1. The molecule has 1 aliphatic heterocycles. The minimum atomic E-state index is -0.963. The van der Waals surface area contributed by atoms with Crippen LogP contribution >= 0.6 is 0 Å². The molecule has 2 aromatic rings. The summed E-state index contributed by atoms with van der Waals surface area (Å²) in [6.45, 7) is 9.17. The Kier molecular flexibility index (Phi) is 4.60. The number of aromatic nitrogens is 4. The molecule has 0 bridgehead atoms. The minimum absolute atomic E-state index is 0.0707. The van der Waals surface area contributed by atoms with Crippen molar-refractivity contribution in [2.45, 2.75) is 52.0 Å². The summed E-state index contributed by atoms with van der Waals surface area (Å²) in [5, 5.41) is 20.5. The minimum Gasteiger partial charge on any atom is -0.478 e. The first kappa shape index (κ1) is 18.2. The zero-order valence-corrected chi connectivity index (χ0v) is 15.6. The molecule has 1 fully saturated rings.